The van der Waals surface area contributed by atoms with Gasteiger partial charge in [0.2, 0.25) is 0 Å². The molecule has 0 atom stereocenters. The lowest BCUT2D eigenvalue weighted by atomic mass is 10.2. The fourth-order valence-corrected chi connectivity index (χ4v) is 2.32. The van der Waals surface area contributed by atoms with Crippen LogP contribution in [0, 0.1) is 5.92 Å². The highest BCUT2D eigenvalue weighted by Gasteiger charge is 2.01. The molecular weight excluding hydrogens is 284 g/mol. The standard InChI is InChI=1S/C20H28N2O/c1-17(2)16-23-20-11-7-10-19(14-20)21-12-13-22(3)15-18-8-5-4-6-9-18/h4-11,14,17,21H,12-13,15-16H2,1-3H3. The van der Waals surface area contributed by atoms with Crippen molar-refractivity contribution >= 4 is 5.69 Å². The first-order valence-corrected chi connectivity index (χ1v) is 8.32. The Labute approximate surface area is 140 Å². The van der Waals surface area contributed by atoms with E-state index in [0.29, 0.717) is 5.92 Å². The van der Waals surface area contributed by atoms with Gasteiger partial charge in [0.05, 0.1) is 6.61 Å². The molecule has 0 aliphatic carbocycles. The van der Waals surface area contributed by atoms with Crippen molar-refractivity contribution in [3.8, 4) is 5.75 Å². The highest BCUT2D eigenvalue weighted by atomic mass is 16.5. The highest BCUT2D eigenvalue weighted by molar-refractivity contribution is 5.48. The SMILES string of the molecule is CC(C)COc1cccc(NCCN(C)Cc2ccccc2)c1. The number of hydrogen-bond donors (Lipinski definition) is 1. The fraction of sp³-hybridized carbons (Fsp3) is 0.400. The Kier molecular flexibility index (Phi) is 6.95. The Morgan fingerprint density at radius 3 is 2.57 bits per heavy atom. The molecule has 0 aromatic heterocycles. The van der Waals surface area contributed by atoms with E-state index in [0.717, 1.165) is 37.7 Å². The Morgan fingerprint density at radius 1 is 1.04 bits per heavy atom. The molecule has 0 unspecified atom stereocenters. The van der Waals surface area contributed by atoms with E-state index >= 15 is 0 Å². The third-order valence-electron chi connectivity index (χ3n) is 3.54. The summed E-state index contributed by atoms with van der Waals surface area (Å²) < 4.78 is 5.76. The number of benzene rings is 2. The molecule has 23 heavy (non-hydrogen) atoms. The van der Waals surface area contributed by atoms with Crippen LogP contribution in [0.4, 0.5) is 5.69 Å². The second kappa shape index (κ2) is 9.21. The average molecular weight is 312 g/mol. The van der Waals surface area contributed by atoms with Gasteiger partial charge in [0.1, 0.15) is 5.75 Å². The van der Waals surface area contributed by atoms with E-state index < -0.39 is 0 Å². The van der Waals surface area contributed by atoms with Gasteiger partial charge in [-0.2, -0.15) is 0 Å². The highest BCUT2D eigenvalue weighted by Crippen LogP contribution is 2.17. The molecule has 0 fully saturated rings. The molecule has 1 N–H and O–H groups in total. The van der Waals surface area contributed by atoms with Gasteiger partial charge in [0.25, 0.3) is 0 Å². The zero-order valence-corrected chi connectivity index (χ0v) is 14.5. The van der Waals surface area contributed by atoms with E-state index in [1.165, 1.54) is 5.56 Å². The van der Waals surface area contributed by atoms with E-state index in [1.54, 1.807) is 0 Å². The van der Waals surface area contributed by atoms with Crippen molar-refractivity contribution in [1.82, 2.24) is 4.90 Å². The summed E-state index contributed by atoms with van der Waals surface area (Å²) in [5.74, 6) is 1.47. The van der Waals surface area contributed by atoms with Crippen molar-refractivity contribution in [2.24, 2.45) is 5.92 Å². The van der Waals surface area contributed by atoms with E-state index in [-0.39, 0.29) is 0 Å². The minimum atomic E-state index is 0.540. The summed E-state index contributed by atoms with van der Waals surface area (Å²) >= 11 is 0. The van der Waals surface area contributed by atoms with E-state index in [4.69, 9.17) is 4.74 Å². The molecule has 3 heteroatoms. The molecule has 2 rings (SSSR count). The maximum Gasteiger partial charge on any atom is 0.121 e. The number of likely N-dealkylation sites (N-methyl/N-ethyl adjacent to an activating group) is 1. The van der Waals surface area contributed by atoms with E-state index in [9.17, 15) is 0 Å². The van der Waals surface area contributed by atoms with Crippen LogP contribution in [0.2, 0.25) is 0 Å². The molecule has 124 valence electrons. The second-order valence-corrected chi connectivity index (χ2v) is 6.38. The Morgan fingerprint density at radius 2 is 1.83 bits per heavy atom. The van der Waals surface area contributed by atoms with Crippen molar-refractivity contribution in [3.05, 3.63) is 60.2 Å². The zero-order valence-electron chi connectivity index (χ0n) is 14.5. The number of nitrogens with zero attached hydrogens (tertiary/aromatic N) is 1. The van der Waals surface area contributed by atoms with Crippen molar-refractivity contribution in [2.45, 2.75) is 20.4 Å². The predicted octanol–water partition coefficient (Wildman–Crippen LogP) is 4.27. The molecule has 3 nitrogen and oxygen atoms in total. The van der Waals surface area contributed by atoms with Crippen molar-refractivity contribution in [3.63, 3.8) is 0 Å². The van der Waals surface area contributed by atoms with Crippen LogP contribution < -0.4 is 10.1 Å². The van der Waals surface area contributed by atoms with Crippen LogP contribution in [0.25, 0.3) is 0 Å². The van der Waals surface area contributed by atoms with Crippen LogP contribution >= 0.6 is 0 Å². The molecule has 0 saturated carbocycles. The summed E-state index contributed by atoms with van der Waals surface area (Å²) in [7, 11) is 2.15. The summed E-state index contributed by atoms with van der Waals surface area (Å²) in [6.07, 6.45) is 0. The molecule has 2 aromatic carbocycles. The largest absolute Gasteiger partial charge is 0.493 e. The van der Waals surface area contributed by atoms with Crippen molar-refractivity contribution < 1.29 is 4.74 Å². The third-order valence-corrected chi connectivity index (χ3v) is 3.54. The fourth-order valence-electron chi connectivity index (χ4n) is 2.32. The Balaban J connectivity index is 1.74. The molecule has 0 amide bonds. The van der Waals surface area contributed by atoms with Gasteiger partial charge in [0.15, 0.2) is 0 Å². The molecule has 0 bridgehead atoms. The summed E-state index contributed by atoms with van der Waals surface area (Å²) in [5.41, 5.74) is 2.46. The molecule has 0 spiro atoms. The van der Waals surface area contributed by atoms with Crippen LogP contribution in [-0.2, 0) is 6.54 Å². The van der Waals surface area contributed by atoms with Crippen LogP contribution in [-0.4, -0.2) is 31.6 Å². The summed E-state index contributed by atoms with van der Waals surface area (Å²) in [4.78, 5) is 2.32. The minimum Gasteiger partial charge on any atom is -0.493 e. The first kappa shape index (κ1) is 17.4. The first-order valence-electron chi connectivity index (χ1n) is 8.32. The molecule has 0 radical (unpaired) electrons. The normalized spacial score (nSPS) is 11.0. The zero-order chi connectivity index (χ0) is 16.5. The molecule has 2 aromatic rings. The van der Waals surface area contributed by atoms with Gasteiger partial charge < -0.3 is 15.0 Å². The monoisotopic (exact) mass is 312 g/mol. The van der Waals surface area contributed by atoms with Crippen LogP contribution in [0.5, 0.6) is 5.75 Å². The summed E-state index contributed by atoms with van der Waals surface area (Å²) in [6, 6.07) is 18.8. The second-order valence-electron chi connectivity index (χ2n) is 6.38. The minimum absolute atomic E-state index is 0.540. The van der Waals surface area contributed by atoms with Crippen molar-refractivity contribution in [2.75, 3.05) is 32.1 Å². The summed E-state index contributed by atoms with van der Waals surface area (Å²) in [6.45, 7) is 7.95. The summed E-state index contributed by atoms with van der Waals surface area (Å²) in [5, 5.41) is 3.47. The van der Waals surface area contributed by atoms with E-state index in [1.807, 2.05) is 12.1 Å². The topological polar surface area (TPSA) is 24.5 Å². The van der Waals surface area contributed by atoms with Crippen molar-refractivity contribution in [1.29, 1.82) is 0 Å². The molecule has 0 aliphatic heterocycles. The number of hydrogen-bond acceptors (Lipinski definition) is 3. The van der Waals surface area contributed by atoms with Gasteiger partial charge in [-0.25, -0.2) is 0 Å². The third kappa shape index (κ3) is 6.74. The number of ether oxygens (including phenoxy) is 1. The molecule has 0 saturated heterocycles. The molecule has 0 heterocycles. The lowest BCUT2D eigenvalue weighted by molar-refractivity contribution is 0.271. The maximum absolute atomic E-state index is 5.76. The van der Waals surface area contributed by atoms with Crippen LogP contribution in [0.1, 0.15) is 19.4 Å². The van der Waals surface area contributed by atoms with Crippen LogP contribution in [0.15, 0.2) is 54.6 Å². The van der Waals surface area contributed by atoms with E-state index in [2.05, 4.69) is 73.6 Å². The Bertz CT molecular complexity index is 569. The van der Waals surface area contributed by atoms with Gasteiger partial charge >= 0.3 is 0 Å². The predicted molar refractivity (Wildman–Crippen MR) is 98.0 cm³/mol. The van der Waals surface area contributed by atoms with Gasteiger partial charge in [-0.05, 0) is 30.7 Å². The number of anilines is 1. The average Bonchev–Trinajstić information content (AvgIpc) is 2.54. The smallest absolute Gasteiger partial charge is 0.121 e. The lowest BCUT2D eigenvalue weighted by Gasteiger charge is -2.17. The van der Waals surface area contributed by atoms with Crippen LogP contribution in [0.3, 0.4) is 0 Å². The number of rotatable bonds is 9. The maximum atomic E-state index is 5.76. The quantitative estimate of drug-likeness (QED) is 0.748. The molecular formula is C20H28N2O. The van der Waals surface area contributed by atoms with Gasteiger partial charge in [-0.3, -0.25) is 0 Å². The van der Waals surface area contributed by atoms with Gasteiger partial charge in [-0.15, -0.1) is 0 Å². The van der Waals surface area contributed by atoms with Gasteiger partial charge in [0, 0.05) is 31.4 Å². The number of nitrogens with one attached hydrogen (secondary N) is 1. The molecule has 0 aliphatic rings. The first-order chi connectivity index (χ1) is 11.1. The Hall–Kier alpha value is -2.00. The lowest BCUT2D eigenvalue weighted by Crippen LogP contribution is -2.24. The van der Waals surface area contributed by atoms with Gasteiger partial charge in [-0.1, -0.05) is 50.2 Å².